The predicted octanol–water partition coefficient (Wildman–Crippen LogP) is 2.29. The summed E-state index contributed by atoms with van der Waals surface area (Å²) in [7, 11) is 0. The number of anilines is 1. The van der Waals surface area contributed by atoms with Crippen molar-refractivity contribution in [3.8, 4) is 0 Å². The molecule has 21 heavy (non-hydrogen) atoms. The molecule has 1 amide bonds. The predicted molar refractivity (Wildman–Crippen MR) is 87.4 cm³/mol. The average molecular weight is 289 g/mol. The van der Waals surface area contributed by atoms with Crippen LogP contribution < -0.4 is 5.32 Å². The summed E-state index contributed by atoms with van der Waals surface area (Å²) >= 11 is 0. The Balaban J connectivity index is 1.68. The van der Waals surface area contributed by atoms with Gasteiger partial charge in [0.05, 0.1) is 6.54 Å². The summed E-state index contributed by atoms with van der Waals surface area (Å²) in [4.78, 5) is 16.6. The third-order valence-electron chi connectivity index (χ3n) is 3.97. The van der Waals surface area contributed by atoms with Gasteiger partial charge in [-0.25, -0.2) is 0 Å². The monoisotopic (exact) mass is 289 g/mol. The highest BCUT2D eigenvalue weighted by Crippen LogP contribution is 2.08. The van der Waals surface area contributed by atoms with Crippen molar-refractivity contribution in [2.24, 2.45) is 5.92 Å². The molecule has 1 aliphatic rings. The van der Waals surface area contributed by atoms with Crippen LogP contribution in [-0.2, 0) is 4.79 Å². The van der Waals surface area contributed by atoms with E-state index in [0.29, 0.717) is 6.54 Å². The molecule has 0 spiro atoms. The highest BCUT2D eigenvalue weighted by Gasteiger charge is 2.20. The van der Waals surface area contributed by atoms with E-state index in [1.807, 2.05) is 35.2 Å². The largest absolute Gasteiger partial charge is 0.376 e. The quantitative estimate of drug-likeness (QED) is 0.873. The Kier molecular flexibility index (Phi) is 6.05. The number of carbonyl (C=O) groups is 1. The van der Waals surface area contributed by atoms with Gasteiger partial charge in [-0.2, -0.15) is 0 Å². The van der Waals surface area contributed by atoms with Crippen LogP contribution in [-0.4, -0.2) is 55.0 Å². The first kappa shape index (κ1) is 15.8. The second-order valence-electron chi connectivity index (χ2n) is 6.12. The number of piperazine rings is 1. The molecular weight excluding hydrogens is 262 g/mol. The SMILES string of the molecule is CC(C)CCN1CCN(C(=O)CNc2ccccc2)CC1. The molecule has 4 nitrogen and oxygen atoms in total. The molecule has 4 heteroatoms. The lowest BCUT2D eigenvalue weighted by molar-refractivity contribution is -0.131. The number of nitrogens with zero attached hydrogens (tertiary/aromatic N) is 2. The molecule has 1 heterocycles. The van der Waals surface area contributed by atoms with Gasteiger partial charge in [0, 0.05) is 31.9 Å². The topological polar surface area (TPSA) is 35.6 Å². The molecule has 1 aromatic rings. The molecule has 1 aromatic carbocycles. The number of benzene rings is 1. The standard InChI is InChI=1S/C17H27N3O/c1-15(2)8-9-19-10-12-20(13-11-19)17(21)14-18-16-6-4-3-5-7-16/h3-7,15,18H,8-14H2,1-2H3. The molecule has 0 radical (unpaired) electrons. The number of para-hydroxylation sites is 1. The van der Waals surface area contributed by atoms with Gasteiger partial charge in [-0.1, -0.05) is 32.0 Å². The minimum atomic E-state index is 0.197. The molecule has 0 unspecified atom stereocenters. The van der Waals surface area contributed by atoms with E-state index in [2.05, 4.69) is 24.1 Å². The fraction of sp³-hybridized carbons (Fsp3) is 0.588. The lowest BCUT2D eigenvalue weighted by atomic mass is 10.1. The number of nitrogens with one attached hydrogen (secondary N) is 1. The molecule has 0 aromatic heterocycles. The van der Waals surface area contributed by atoms with Gasteiger partial charge in [0.25, 0.3) is 0 Å². The third kappa shape index (κ3) is 5.38. The molecule has 1 fully saturated rings. The number of carbonyl (C=O) groups excluding carboxylic acids is 1. The Morgan fingerprint density at radius 3 is 2.43 bits per heavy atom. The number of hydrogen-bond donors (Lipinski definition) is 1. The van der Waals surface area contributed by atoms with Gasteiger partial charge in [0.2, 0.25) is 5.91 Å². The summed E-state index contributed by atoms with van der Waals surface area (Å²) in [6, 6.07) is 9.89. The van der Waals surface area contributed by atoms with E-state index in [1.165, 1.54) is 6.42 Å². The van der Waals surface area contributed by atoms with Gasteiger partial charge >= 0.3 is 0 Å². The van der Waals surface area contributed by atoms with Crippen LogP contribution in [0.4, 0.5) is 5.69 Å². The van der Waals surface area contributed by atoms with Crippen molar-refractivity contribution in [3.05, 3.63) is 30.3 Å². The highest BCUT2D eigenvalue weighted by atomic mass is 16.2. The average Bonchev–Trinajstić information content (AvgIpc) is 2.52. The van der Waals surface area contributed by atoms with Crippen molar-refractivity contribution < 1.29 is 4.79 Å². The second-order valence-corrected chi connectivity index (χ2v) is 6.12. The summed E-state index contributed by atoms with van der Waals surface area (Å²) in [6.45, 7) is 9.77. The van der Waals surface area contributed by atoms with Gasteiger partial charge < -0.3 is 10.2 Å². The first-order chi connectivity index (χ1) is 10.1. The number of amides is 1. The van der Waals surface area contributed by atoms with E-state index in [9.17, 15) is 4.79 Å². The highest BCUT2D eigenvalue weighted by molar-refractivity contribution is 5.81. The van der Waals surface area contributed by atoms with Crippen LogP contribution in [0.3, 0.4) is 0 Å². The summed E-state index contributed by atoms with van der Waals surface area (Å²) < 4.78 is 0. The molecule has 116 valence electrons. The van der Waals surface area contributed by atoms with E-state index >= 15 is 0 Å². The van der Waals surface area contributed by atoms with E-state index < -0.39 is 0 Å². The summed E-state index contributed by atoms with van der Waals surface area (Å²) in [6.07, 6.45) is 1.24. The zero-order valence-corrected chi connectivity index (χ0v) is 13.2. The molecule has 0 atom stereocenters. The van der Waals surface area contributed by atoms with E-state index in [0.717, 1.165) is 44.3 Å². The first-order valence-electron chi connectivity index (χ1n) is 7.94. The van der Waals surface area contributed by atoms with Crippen LogP contribution in [0, 0.1) is 5.92 Å². The third-order valence-corrected chi connectivity index (χ3v) is 3.97. The minimum absolute atomic E-state index is 0.197. The summed E-state index contributed by atoms with van der Waals surface area (Å²) in [5.74, 6) is 0.946. The van der Waals surface area contributed by atoms with Crippen molar-refractivity contribution in [1.82, 2.24) is 9.80 Å². The van der Waals surface area contributed by atoms with Gasteiger partial charge in [0.1, 0.15) is 0 Å². The van der Waals surface area contributed by atoms with Crippen LogP contribution >= 0.6 is 0 Å². The van der Waals surface area contributed by atoms with Crippen molar-refractivity contribution >= 4 is 11.6 Å². The Hall–Kier alpha value is -1.55. The normalized spacial score (nSPS) is 16.2. The van der Waals surface area contributed by atoms with Crippen LogP contribution in [0.25, 0.3) is 0 Å². The maximum atomic E-state index is 12.2. The van der Waals surface area contributed by atoms with Gasteiger partial charge in [-0.15, -0.1) is 0 Å². The van der Waals surface area contributed by atoms with Crippen molar-refractivity contribution in [3.63, 3.8) is 0 Å². The lowest BCUT2D eigenvalue weighted by Gasteiger charge is -2.35. The molecule has 2 rings (SSSR count). The lowest BCUT2D eigenvalue weighted by Crippen LogP contribution is -2.50. The molecule has 0 saturated carbocycles. The van der Waals surface area contributed by atoms with Crippen LogP contribution in [0.5, 0.6) is 0 Å². The van der Waals surface area contributed by atoms with E-state index in [-0.39, 0.29) is 5.91 Å². The Morgan fingerprint density at radius 2 is 1.81 bits per heavy atom. The van der Waals surface area contributed by atoms with Gasteiger partial charge in [0.15, 0.2) is 0 Å². The zero-order chi connectivity index (χ0) is 15.1. The molecule has 1 saturated heterocycles. The molecular formula is C17H27N3O. The fourth-order valence-electron chi connectivity index (χ4n) is 2.51. The van der Waals surface area contributed by atoms with Gasteiger partial charge in [-0.05, 0) is 31.0 Å². The second kappa shape index (κ2) is 8.03. The maximum absolute atomic E-state index is 12.2. The van der Waals surface area contributed by atoms with Crippen molar-refractivity contribution in [2.75, 3.05) is 44.6 Å². The van der Waals surface area contributed by atoms with E-state index in [1.54, 1.807) is 0 Å². The van der Waals surface area contributed by atoms with Crippen LogP contribution in [0.1, 0.15) is 20.3 Å². The molecule has 0 aliphatic carbocycles. The van der Waals surface area contributed by atoms with E-state index in [4.69, 9.17) is 0 Å². The van der Waals surface area contributed by atoms with Crippen molar-refractivity contribution in [2.45, 2.75) is 20.3 Å². The number of hydrogen-bond acceptors (Lipinski definition) is 3. The van der Waals surface area contributed by atoms with Gasteiger partial charge in [-0.3, -0.25) is 9.69 Å². The molecule has 1 N–H and O–H groups in total. The summed E-state index contributed by atoms with van der Waals surface area (Å²) in [5, 5.41) is 3.19. The zero-order valence-electron chi connectivity index (χ0n) is 13.2. The Bertz CT molecular complexity index is 425. The molecule has 0 bridgehead atoms. The fourth-order valence-corrected chi connectivity index (χ4v) is 2.51. The summed E-state index contributed by atoms with van der Waals surface area (Å²) in [5.41, 5.74) is 1.00. The Morgan fingerprint density at radius 1 is 1.14 bits per heavy atom. The minimum Gasteiger partial charge on any atom is -0.376 e. The van der Waals surface area contributed by atoms with Crippen LogP contribution in [0.15, 0.2) is 30.3 Å². The molecule has 1 aliphatic heterocycles. The smallest absolute Gasteiger partial charge is 0.241 e. The van der Waals surface area contributed by atoms with Crippen LogP contribution in [0.2, 0.25) is 0 Å². The van der Waals surface area contributed by atoms with Crippen molar-refractivity contribution in [1.29, 1.82) is 0 Å². The number of rotatable bonds is 6. The first-order valence-corrected chi connectivity index (χ1v) is 7.94. The maximum Gasteiger partial charge on any atom is 0.241 e. The Labute approximate surface area is 128 Å².